The number of nitrogens with zero attached hydrogens (tertiary/aromatic N) is 1. The summed E-state index contributed by atoms with van der Waals surface area (Å²) in [5, 5.41) is 0. The van der Waals surface area contributed by atoms with Crippen molar-refractivity contribution in [3.05, 3.63) is 53.1 Å². The summed E-state index contributed by atoms with van der Waals surface area (Å²) < 4.78 is 0. The highest BCUT2D eigenvalue weighted by atomic mass is 14.9. The minimum atomic E-state index is 0.422. The molecule has 0 saturated heterocycles. The van der Waals surface area contributed by atoms with Gasteiger partial charge in [-0.2, -0.15) is 0 Å². The number of hydrogen-bond acceptors (Lipinski definition) is 1. The predicted molar refractivity (Wildman–Crippen MR) is 71.3 cm³/mol. The molecule has 1 N–H and O–H groups in total. The number of imidazole rings is 1. The second-order valence-electron chi connectivity index (χ2n) is 4.62. The molecular weight excluding hydrogens is 208 g/mol. The first-order chi connectivity index (χ1) is 8.24. The number of rotatable bonds is 4. The standard InChI is InChI=1S/C15H20N2/c1-4-6-14(15-9-16-10-17-15)13-8-5-7-11(2)12(13)3/h5,7-10,14H,4,6H2,1-3H3,(H,16,17). The highest BCUT2D eigenvalue weighted by molar-refractivity contribution is 5.39. The fourth-order valence-electron chi connectivity index (χ4n) is 2.36. The Labute approximate surface area is 103 Å². The summed E-state index contributed by atoms with van der Waals surface area (Å²) in [6, 6.07) is 6.55. The highest BCUT2D eigenvalue weighted by Crippen LogP contribution is 2.30. The molecule has 0 bridgehead atoms. The van der Waals surface area contributed by atoms with Gasteiger partial charge in [0, 0.05) is 12.1 Å². The maximum absolute atomic E-state index is 4.43. The Balaban J connectivity index is 2.43. The Morgan fingerprint density at radius 2 is 2.12 bits per heavy atom. The first-order valence-electron chi connectivity index (χ1n) is 6.28. The summed E-state index contributed by atoms with van der Waals surface area (Å²) in [5.41, 5.74) is 5.33. The normalized spacial score (nSPS) is 12.6. The number of H-pyrrole nitrogens is 1. The van der Waals surface area contributed by atoms with Crippen molar-refractivity contribution in [2.24, 2.45) is 0 Å². The number of hydrogen-bond donors (Lipinski definition) is 1. The van der Waals surface area contributed by atoms with Gasteiger partial charge in [0.15, 0.2) is 0 Å². The monoisotopic (exact) mass is 228 g/mol. The molecule has 2 nitrogen and oxygen atoms in total. The molecule has 0 amide bonds. The third-order valence-corrected chi connectivity index (χ3v) is 3.48. The van der Waals surface area contributed by atoms with Gasteiger partial charge in [0.25, 0.3) is 0 Å². The van der Waals surface area contributed by atoms with Crippen LogP contribution in [-0.2, 0) is 0 Å². The Morgan fingerprint density at radius 3 is 2.76 bits per heavy atom. The molecule has 1 aromatic carbocycles. The van der Waals surface area contributed by atoms with Crippen LogP contribution >= 0.6 is 0 Å². The van der Waals surface area contributed by atoms with E-state index in [1.54, 1.807) is 6.33 Å². The second-order valence-corrected chi connectivity index (χ2v) is 4.62. The van der Waals surface area contributed by atoms with Gasteiger partial charge in [-0.25, -0.2) is 4.98 Å². The van der Waals surface area contributed by atoms with Crippen molar-refractivity contribution >= 4 is 0 Å². The minimum absolute atomic E-state index is 0.422. The zero-order valence-corrected chi connectivity index (χ0v) is 10.8. The number of aromatic nitrogens is 2. The Hall–Kier alpha value is -1.57. The van der Waals surface area contributed by atoms with E-state index in [9.17, 15) is 0 Å². The van der Waals surface area contributed by atoms with Crippen molar-refractivity contribution in [1.82, 2.24) is 9.97 Å². The van der Waals surface area contributed by atoms with Gasteiger partial charge in [-0.05, 0) is 37.0 Å². The molecule has 1 heterocycles. The maximum atomic E-state index is 4.43. The molecule has 0 fully saturated rings. The van der Waals surface area contributed by atoms with Crippen LogP contribution in [-0.4, -0.2) is 9.97 Å². The first-order valence-corrected chi connectivity index (χ1v) is 6.28. The van der Waals surface area contributed by atoms with Crippen LogP contribution in [0.2, 0.25) is 0 Å². The van der Waals surface area contributed by atoms with E-state index >= 15 is 0 Å². The average Bonchev–Trinajstić information content (AvgIpc) is 2.84. The summed E-state index contributed by atoms with van der Waals surface area (Å²) >= 11 is 0. The molecule has 2 heteroatoms. The van der Waals surface area contributed by atoms with Gasteiger partial charge in [-0.3, -0.25) is 0 Å². The summed E-state index contributed by atoms with van der Waals surface area (Å²) in [7, 11) is 0. The largest absolute Gasteiger partial charge is 0.351 e. The Bertz CT molecular complexity index is 472. The van der Waals surface area contributed by atoms with E-state index < -0.39 is 0 Å². The molecule has 1 aromatic heterocycles. The van der Waals surface area contributed by atoms with E-state index in [0.717, 1.165) is 12.1 Å². The van der Waals surface area contributed by atoms with Crippen molar-refractivity contribution in [3.63, 3.8) is 0 Å². The number of aryl methyl sites for hydroxylation is 1. The van der Waals surface area contributed by atoms with E-state index in [1.807, 2.05) is 6.20 Å². The first kappa shape index (κ1) is 11.9. The van der Waals surface area contributed by atoms with E-state index in [4.69, 9.17) is 0 Å². The van der Waals surface area contributed by atoms with E-state index in [1.165, 1.54) is 23.1 Å². The summed E-state index contributed by atoms with van der Waals surface area (Å²) in [5.74, 6) is 0.422. The lowest BCUT2D eigenvalue weighted by atomic mass is 9.87. The van der Waals surface area contributed by atoms with Crippen molar-refractivity contribution in [2.45, 2.75) is 39.5 Å². The van der Waals surface area contributed by atoms with Crippen molar-refractivity contribution in [3.8, 4) is 0 Å². The third kappa shape index (κ3) is 2.41. The second kappa shape index (κ2) is 5.17. The van der Waals surface area contributed by atoms with Gasteiger partial charge >= 0.3 is 0 Å². The lowest BCUT2D eigenvalue weighted by Gasteiger charge is -2.18. The lowest BCUT2D eigenvalue weighted by Crippen LogP contribution is -2.04. The molecule has 0 spiro atoms. The van der Waals surface area contributed by atoms with Gasteiger partial charge in [-0.15, -0.1) is 0 Å². The molecule has 2 rings (SSSR count). The smallest absolute Gasteiger partial charge is 0.0923 e. The molecule has 0 aliphatic carbocycles. The van der Waals surface area contributed by atoms with Crippen LogP contribution in [0.15, 0.2) is 30.7 Å². The molecule has 0 radical (unpaired) electrons. The van der Waals surface area contributed by atoms with Gasteiger partial charge in [-0.1, -0.05) is 31.5 Å². The van der Waals surface area contributed by atoms with E-state index in [0.29, 0.717) is 5.92 Å². The van der Waals surface area contributed by atoms with Crippen LogP contribution in [0.4, 0.5) is 0 Å². The molecule has 1 unspecified atom stereocenters. The zero-order valence-electron chi connectivity index (χ0n) is 10.8. The molecule has 0 saturated carbocycles. The molecule has 0 aliphatic rings. The molecule has 17 heavy (non-hydrogen) atoms. The molecule has 90 valence electrons. The van der Waals surface area contributed by atoms with Crippen LogP contribution in [0.3, 0.4) is 0 Å². The van der Waals surface area contributed by atoms with Crippen molar-refractivity contribution in [1.29, 1.82) is 0 Å². The van der Waals surface area contributed by atoms with Gasteiger partial charge < -0.3 is 4.98 Å². The molecule has 1 atom stereocenters. The lowest BCUT2D eigenvalue weighted by molar-refractivity contribution is 0.680. The fraction of sp³-hybridized carbons (Fsp3) is 0.400. The SMILES string of the molecule is CCCC(c1c[nH]cn1)c1cccc(C)c1C. The van der Waals surface area contributed by atoms with Gasteiger partial charge in [0.05, 0.1) is 12.0 Å². The number of nitrogens with one attached hydrogen (secondary N) is 1. The number of aromatic amines is 1. The van der Waals surface area contributed by atoms with Gasteiger partial charge in [0.2, 0.25) is 0 Å². The predicted octanol–water partition coefficient (Wildman–Crippen LogP) is 3.96. The number of benzene rings is 1. The van der Waals surface area contributed by atoms with Crippen LogP contribution in [0.25, 0.3) is 0 Å². The maximum Gasteiger partial charge on any atom is 0.0923 e. The van der Waals surface area contributed by atoms with Crippen LogP contribution < -0.4 is 0 Å². The zero-order chi connectivity index (χ0) is 12.3. The van der Waals surface area contributed by atoms with Crippen LogP contribution in [0.5, 0.6) is 0 Å². The quantitative estimate of drug-likeness (QED) is 0.843. The summed E-state index contributed by atoms with van der Waals surface area (Å²) in [4.78, 5) is 7.49. The van der Waals surface area contributed by atoms with Crippen LogP contribution in [0.1, 0.15) is 48.1 Å². The van der Waals surface area contributed by atoms with Crippen molar-refractivity contribution in [2.75, 3.05) is 0 Å². The minimum Gasteiger partial charge on any atom is -0.351 e. The molecular formula is C15H20N2. The Kier molecular flexibility index (Phi) is 3.62. The van der Waals surface area contributed by atoms with Gasteiger partial charge in [0.1, 0.15) is 0 Å². The van der Waals surface area contributed by atoms with E-state index in [2.05, 4.69) is 48.9 Å². The Morgan fingerprint density at radius 1 is 1.29 bits per heavy atom. The molecule has 2 aromatic rings. The average molecular weight is 228 g/mol. The van der Waals surface area contributed by atoms with E-state index in [-0.39, 0.29) is 0 Å². The summed E-state index contributed by atoms with van der Waals surface area (Å²) in [6.07, 6.45) is 6.10. The van der Waals surface area contributed by atoms with Crippen molar-refractivity contribution < 1.29 is 0 Å². The fourth-order valence-corrected chi connectivity index (χ4v) is 2.36. The summed E-state index contributed by atoms with van der Waals surface area (Å²) in [6.45, 7) is 6.61. The highest BCUT2D eigenvalue weighted by Gasteiger charge is 2.17. The third-order valence-electron chi connectivity index (χ3n) is 3.48. The molecule has 0 aliphatic heterocycles. The van der Waals surface area contributed by atoms with Crippen LogP contribution in [0, 0.1) is 13.8 Å². The topological polar surface area (TPSA) is 28.7 Å².